The average molecular weight is 644 g/mol. The molecule has 1 aliphatic heterocycles. The summed E-state index contributed by atoms with van der Waals surface area (Å²) in [6, 6.07) is 29.1. The molecule has 0 aliphatic carbocycles. The second-order valence-electron chi connectivity index (χ2n) is 10.6. The minimum atomic E-state index is -1.12. The van der Waals surface area contributed by atoms with Crippen LogP contribution in [0.15, 0.2) is 102 Å². The van der Waals surface area contributed by atoms with Gasteiger partial charge < -0.3 is 19.9 Å². The van der Waals surface area contributed by atoms with Gasteiger partial charge in [-0.2, -0.15) is 0 Å². The van der Waals surface area contributed by atoms with Crippen molar-refractivity contribution in [1.82, 2.24) is 10.2 Å². The van der Waals surface area contributed by atoms with Crippen LogP contribution in [0.2, 0.25) is 0 Å². The third kappa shape index (κ3) is 8.46. The molecule has 0 saturated carbocycles. The number of likely N-dealkylation sites (tertiary alicyclic amines) is 1. The molecular formula is C35H35BrN2O5. The van der Waals surface area contributed by atoms with Gasteiger partial charge in [0.25, 0.3) is 5.91 Å². The highest BCUT2D eigenvalue weighted by Crippen LogP contribution is 2.33. The van der Waals surface area contributed by atoms with E-state index in [1.165, 1.54) is 19.3 Å². The minimum Gasteiger partial charge on any atom is -0.491 e. The molecule has 7 nitrogen and oxygen atoms in total. The van der Waals surface area contributed by atoms with Gasteiger partial charge in [-0.1, -0.05) is 83.0 Å². The molecule has 4 aromatic carbocycles. The molecule has 43 heavy (non-hydrogen) atoms. The summed E-state index contributed by atoms with van der Waals surface area (Å²) in [5.41, 5.74) is 2.94. The van der Waals surface area contributed by atoms with Crippen molar-refractivity contribution in [2.45, 2.75) is 31.7 Å². The number of carboxylic acid groups (broad SMARTS) is 1. The maximum atomic E-state index is 13.3. The third-order valence-corrected chi connectivity index (χ3v) is 7.96. The second-order valence-corrected chi connectivity index (χ2v) is 11.5. The lowest BCUT2D eigenvalue weighted by molar-refractivity contribution is -0.139. The zero-order valence-corrected chi connectivity index (χ0v) is 25.5. The largest absolute Gasteiger partial charge is 0.491 e. The van der Waals surface area contributed by atoms with E-state index in [9.17, 15) is 14.7 Å². The first-order chi connectivity index (χ1) is 21.0. The Morgan fingerprint density at radius 3 is 2.33 bits per heavy atom. The van der Waals surface area contributed by atoms with Crippen molar-refractivity contribution in [2.24, 2.45) is 0 Å². The molecule has 0 aromatic heterocycles. The number of para-hydroxylation sites is 2. The Kier molecular flexibility index (Phi) is 10.5. The molecule has 1 atom stereocenters. The number of carbonyl (C=O) groups is 2. The normalized spacial score (nSPS) is 14.1. The first kappa shape index (κ1) is 30.3. The topological polar surface area (TPSA) is 88.1 Å². The predicted octanol–water partition coefficient (Wildman–Crippen LogP) is 7.20. The SMILES string of the molecule is O=C(NC(Cc1ccc(-c2ccccc2Oc2ccccc2)cc1)C(=O)O)c1cc(Br)ccc1OCCN1CCCCC1. The number of ether oxygens (including phenoxy) is 2. The Morgan fingerprint density at radius 1 is 0.860 bits per heavy atom. The van der Waals surface area contributed by atoms with Gasteiger partial charge in [0, 0.05) is 23.0 Å². The summed E-state index contributed by atoms with van der Waals surface area (Å²) in [6.45, 7) is 3.36. The van der Waals surface area contributed by atoms with Crippen LogP contribution in [0, 0.1) is 0 Å². The minimum absolute atomic E-state index is 0.128. The van der Waals surface area contributed by atoms with Crippen molar-refractivity contribution >= 4 is 27.8 Å². The number of amides is 1. The lowest BCUT2D eigenvalue weighted by Crippen LogP contribution is -2.42. The van der Waals surface area contributed by atoms with Crippen LogP contribution in [0.25, 0.3) is 11.1 Å². The van der Waals surface area contributed by atoms with Crippen LogP contribution in [0.4, 0.5) is 0 Å². The van der Waals surface area contributed by atoms with Gasteiger partial charge in [0.05, 0.1) is 5.56 Å². The van der Waals surface area contributed by atoms with E-state index in [0.717, 1.165) is 47.8 Å². The van der Waals surface area contributed by atoms with Gasteiger partial charge in [-0.3, -0.25) is 9.69 Å². The lowest BCUT2D eigenvalue weighted by Gasteiger charge is -2.26. The molecule has 222 valence electrons. The number of carboxylic acids is 1. The Balaban J connectivity index is 1.25. The van der Waals surface area contributed by atoms with Gasteiger partial charge in [0.1, 0.15) is 29.9 Å². The van der Waals surface area contributed by atoms with E-state index in [-0.39, 0.29) is 6.42 Å². The van der Waals surface area contributed by atoms with Gasteiger partial charge in [-0.15, -0.1) is 0 Å². The predicted molar refractivity (Wildman–Crippen MR) is 171 cm³/mol. The number of nitrogens with one attached hydrogen (secondary N) is 1. The van der Waals surface area contributed by atoms with Crippen LogP contribution >= 0.6 is 15.9 Å². The molecular weight excluding hydrogens is 608 g/mol. The van der Waals surface area contributed by atoms with Gasteiger partial charge in [0.15, 0.2) is 0 Å². The number of benzene rings is 4. The maximum absolute atomic E-state index is 13.3. The second kappa shape index (κ2) is 14.8. The summed E-state index contributed by atoms with van der Waals surface area (Å²) in [5, 5.41) is 12.7. The Bertz CT molecular complexity index is 1520. The molecule has 1 fully saturated rings. The van der Waals surface area contributed by atoms with E-state index in [2.05, 4.69) is 26.1 Å². The summed E-state index contributed by atoms with van der Waals surface area (Å²) >= 11 is 3.42. The number of aliphatic carboxylic acids is 1. The lowest BCUT2D eigenvalue weighted by atomic mass is 9.99. The zero-order chi connectivity index (χ0) is 30.0. The van der Waals surface area contributed by atoms with Crippen molar-refractivity contribution < 1.29 is 24.2 Å². The van der Waals surface area contributed by atoms with Gasteiger partial charge in [-0.25, -0.2) is 4.79 Å². The fraction of sp³-hybridized carbons (Fsp3) is 0.257. The molecule has 0 radical (unpaired) electrons. The summed E-state index contributed by atoms with van der Waals surface area (Å²) in [5.74, 6) is 0.294. The van der Waals surface area contributed by atoms with Crippen LogP contribution in [-0.2, 0) is 11.2 Å². The first-order valence-electron chi connectivity index (χ1n) is 14.6. The van der Waals surface area contributed by atoms with Crippen LogP contribution in [0.3, 0.4) is 0 Å². The first-order valence-corrected chi connectivity index (χ1v) is 15.4. The number of piperidine rings is 1. The number of hydrogen-bond donors (Lipinski definition) is 2. The van der Waals surface area contributed by atoms with Gasteiger partial charge in [-0.05, 0) is 73.5 Å². The van der Waals surface area contributed by atoms with E-state index >= 15 is 0 Å². The van der Waals surface area contributed by atoms with E-state index in [4.69, 9.17) is 9.47 Å². The van der Waals surface area contributed by atoms with Crippen LogP contribution in [0.1, 0.15) is 35.2 Å². The van der Waals surface area contributed by atoms with Crippen LogP contribution in [-0.4, -0.2) is 54.2 Å². The number of hydrogen-bond acceptors (Lipinski definition) is 5. The van der Waals surface area contributed by atoms with E-state index < -0.39 is 17.9 Å². The summed E-state index contributed by atoms with van der Waals surface area (Å²) < 4.78 is 12.8. The standard InChI is InChI=1S/C35H35BrN2O5/c36-27-17-18-32(42-22-21-38-19-7-2-8-20-38)30(24-27)34(39)37-31(35(40)41)23-25-13-15-26(16-14-25)29-11-5-6-12-33(29)43-28-9-3-1-4-10-28/h1,3-6,9-18,24,31H,2,7-8,19-23H2,(H,37,39)(H,40,41). The summed E-state index contributed by atoms with van der Waals surface area (Å²) in [7, 11) is 0. The fourth-order valence-corrected chi connectivity index (χ4v) is 5.54. The molecule has 0 spiro atoms. The highest BCUT2D eigenvalue weighted by atomic mass is 79.9. The van der Waals surface area contributed by atoms with Gasteiger partial charge in [0.2, 0.25) is 0 Å². The van der Waals surface area contributed by atoms with E-state index in [0.29, 0.717) is 22.4 Å². The van der Waals surface area contributed by atoms with Crippen LogP contribution in [0.5, 0.6) is 17.2 Å². The molecule has 8 heteroatoms. The fourth-order valence-electron chi connectivity index (χ4n) is 5.18. The molecule has 2 N–H and O–H groups in total. The molecule has 4 aromatic rings. The molecule has 1 unspecified atom stereocenters. The summed E-state index contributed by atoms with van der Waals surface area (Å²) in [4.78, 5) is 27.9. The van der Waals surface area contributed by atoms with Crippen molar-refractivity contribution in [1.29, 1.82) is 0 Å². The molecule has 1 amide bonds. The molecule has 1 aliphatic rings. The molecule has 1 heterocycles. The molecule has 1 saturated heterocycles. The maximum Gasteiger partial charge on any atom is 0.326 e. The van der Waals surface area contributed by atoms with Gasteiger partial charge >= 0.3 is 5.97 Å². The molecule has 0 bridgehead atoms. The third-order valence-electron chi connectivity index (χ3n) is 7.47. The number of rotatable bonds is 12. The molecule has 5 rings (SSSR count). The van der Waals surface area contributed by atoms with E-state index in [1.54, 1.807) is 12.1 Å². The number of halogens is 1. The van der Waals surface area contributed by atoms with Crippen LogP contribution < -0.4 is 14.8 Å². The van der Waals surface area contributed by atoms with E-state index in [1.807, 2.05) is 84.9 Å². The monoisotopic (exact) mass is 642 g/mol. The average Bonchev–Trinajstić information content (AvgIpc) is 3.03. The van der Waals surface area contributed by atoms with Crippen molar-refractivity contribution in [3.63, 3.8) is 0 Å². The number of nitrogens with zero attached hydrogens (tertiary/aromatic N) is 1. The number of carbonyl (C=O) groups excluding carboxylic acids is 1. The quantitative estimate of drug-likeness (QED) is 0.170. The van der Waals surface area contributed by atoms with Crippen molar-refractivity contribution in [3.05, 3.63) is 113 Å². The van der Waals surface area contributed by atoms with Crippen molar-refractivity contribution in [3.8, 4) is 28.4 Å². The smallest absolute Gasteiger partial charge is 0.326 e. The Hall–Kier alpha value is -4.14. The van der Waals surface area contributed by atoms with Crippen molar-refractivity contribution in [2.75, 3.05) is 26.2 Å². The summed E-state index contributed by atoms with van der Waals surface area (Å²) in [6.07, 6.45) is 3.78. The highest BCUT2D eigenvalue weighted by molar-refractivity contribution is 9.10. The zero-order valence-electron chi connectivity index (χ0n) is 23.9. The highest BCUT2D eigenvalue weighted by Gasteiger charge is 2.24. The Morgan fingerprint density at radius 2 is 1.58 bits per heavy atom. The Labute approximate surface area is 260 Å².